The van der Waals surface area contributed by atoms with Crippen LogP contribution in [0.3, 0.4) is 0 Å². The summed E-state index contributed by atoms with van der Waals surface area (Å²) < 4.78 is 42.7. The fraction of sp³-hybridized carbons (Fsp3) is 0.375. The summed E-state index contributed by atoms with van der Waals surface area (Å²) in [6, 6.07) is 13.6. The van der Waals surface area contributed by atoms with Crippen LogP contribution in [0.25, 0.3) is 22.3 Å². The molecular weight excluding hydrogens is 657 g/mol. The molecule has 2 fully saturated rings. The number of aromatic nitrogens is 2. The average molecular weight is 692 g/mol. The van der Waals surface area contributed by atoms with Gasteiger partial charge < -0.3 is 0 Å². The number of rotatable bonds is 8. The molecule has 0 aliphatic carbocycles. The van der Waals surface area contributed by atoms with E-state index in [1.54, 1.807) is 70.3 Å². The first-order valence-electron chi connectivity index (χ1n) is 14.5. The molecule has 2 aromatic heterocycles. The Labute approximate surface area is 263 Å². The molecule has 4 heterocycles. The van der Waals surface area contributed by atoms with Crippen LogP contribution in [0.5, 0.6) is 0 Å². The summed E-state index contributed by atoms with van der Waals surface area (Å²) in [6.07, 6.45) is -0.751. The zero-order valence-corrected chi connectivity index (χ0v) is 25.5. The van der Waals surface area contributed by atoms with Crippen LogP contribution in [-0.4, -0.2) is 115 Å². The maximum atomic E-state index is 13.8. The molecule has 2 aromatic carbocycles. The van der Waals surface area contributed by atoms with Crippen molar-refractivity contribution in [3.8, 4) is 22.3 Å². The summed E-state index contributed by atoms with van der Waals surface area (Å²) in [6.45, 7) is -1.09. The van der Waals surface area contributed by atoms with E-state index >= 15 is 0 Å². The Kier molecular flexibility index (Phi) is 9.55. The second-order valence-electron chi connectivity index (χ2n) is 11.2. The minimum atomic E-state index is -1.31. The Morgan fingerprint density at radius 2 is 1.02 bits per heavy atom. The topological polar surface area (TPSA) is 150 Å². The molecular formula is C32H34F2N2O8Se. The van der Waals surface area contributed by atoms with Gasteiger partial charge in [-0.15, -0.1) is 0 Å². The van der Waals surface area contributed by atoms with Gasteiger partial charge in [-0.3, -0.25) is 0 Å². The molecule has 6 N–H and O–H groups in total. The Morgan fingerprint density at radius 1 is 0.600 bits per heavy atom. The molecule has 45 heavy (non-hydrogen) atoms. The van der Waals surface area contributed by atoms with Gasteiger partial charge in [-0.05, 0) is 0 Å². The third kappa shape index (κ3) is 6.38. The number of benzene rings is 2. The summed E-state index contributed by atoms with van der Waals surface area (Å²) >= 11 is -0.868. The fourth-order valence-corrected chi connectivity index (χ4v) is 8.85. The molecule has 2 aliphatic heterocycles. The Bertz CT molecular complexity index is 1490. The van der Waals surface area contributed by atoms with Gasteiger partial charge in [-0.25, -0.2) is 0 Å². The van der Waals surface area contributed by atoms with Crippen molar-refractivity contribution in [2.75, 3.05) is 13.2 Å². The molecule has 240 valence electrons. The fourth-order valence-electron chi connectivity index (χ4n) is 6.07. The molecule has 0 bridgehead atoms. The van der Waals surface area contributed by atoms with Crippen molar-refractivity contribution in [1.82, 2.24) is 9.13 Å². The van der Waals surface area contributed by atoms with E-state index < -0.39 is 98.5 Å². The number of ether oxygens (including phenoxy) is 2. The number of aliphatic hydroxyl groups is 6. The van der Waals surface area contributed by atoms with E-state index in [0.29, 0.717) is 22.3 Å². The zero-order chi connectivity index (χ0) is 31.8. The summed E-state index contributed by atoms with van der Waals surface area (Å²) in [5.74, 6) is -0.814. The van der Waals surface area contributed by atoms with E-state index in [-0.39, 0.29) is 0 Å². The monoisotopic (exact) mass is 692 g/mol. The van der Waals surface area contributed by atoms with Crippen LogP contribution in [0.15, 0.2) is 85.5 Å². The quantitative estimate of drug-likeness (QED) is 0.152. The SMILES string of the molecule is OCC1O[C@@H]([Se][C@@H]2OC(CO)[C@H](O)[C@H](n3ccc(-c4cccc(F)c4)c3)C2O)[C@H](O)C(n2ccc(-c3cccc(F)c3)c2)[C@H]1O. The van der Waals surface area contributed by atoms with Crippen LogP contribution in [0, 0.1) is 11.6 Å². The predicted molar refractivity (Wildman–Crippen MR) is 159 cm³/mol. The third-order valence-electron chi connectivity index (χ3n) is 8.40. The summed E-state index contributed by atoms with van der Waals surface area (Å²) in [5, 5.41) is 63.3. The number of halogens is 2. The molecule has 0 spiro atoms. The van der Waals surface area contributed by atoms with Gasteiger partial charge in [0.05, 0.1) is 0 Å². The molecule has 0 saturated carbocycles. The second kappa shape index (κ2) is 13.4. The van der Waals surface area contributed by atoms with Crippen LogP contribution >= 0.6 is 0 Å². The molecule has 10 atom stereocenters. The van der Waals surface area contributed by atoms with Gasteiger partial charge >= 0.3 is 264 Å². The van der Waals surface area contributed by atoms with Crippen LogP contribution in [0.2, 0.25) is 0 Å². The Hall–Kier alpha value is -2.94. The van der Waals surface area contributed by atoms with Gasteiger partial charge in [-0.1, -0.05) is 0 Å². The first-order chi connectivity index (χ1) is 21.7. The molecule has 6 rings (SSSR count). The molecule has 0 radical (unpaired) electrons. The van der Waals surface area contributed by atoms with Crippen molar-refractivity contribution in [2.45, 2.75) is 58.7 Å². The summed E-state index contributed by atoms with van der Waals surface area (Å²) in [7, 11) is 0. The number of hydrogen-bond acceptors (Lipinski definition) is 8. The average Bonchev–Trinajstić information content (AvgIpc) is 3.71. The minimum absolute atomic E-state index is 0.407. The van der Waals surface area contributed by atoms with E-state index in [4.69, 9.17) is 9.47 Å². The molecule has 13 heteroatoms. The summed E-state index contributed by atoms with van der Waals surface area (Å²) in [5.41, 5.74) is 2.52. The van der Waals surface area contributed by atoms with Gasteiger partial charge in [0, 0.05) is 0 Å². The second-order valence-corrected chi connectivity index (χ2v) is 13.8. The number of hydrogen-bond donors (Lipinski definition) is 6. The van der Waals surface area contributed by atoms with Crippen molar-refractivity contribution in [3.05, 3.63) is 97.1 Å². The van der Waals surface area contributed by atoms with Crippen molar-refractivity contribution in [1.29, 1.82) is 0 Å². The van der Waals surface area contributed by atoms with Gasteiger partial charge in [0.15, 0.2) is 0 Å². The van der Waals surface area contributed by atoms with Crippen LogP contribution in [-0.2, 0) is 9.47 Å². The van der Waals surface area contributed by atoms with E-state index in [9.17, 15) is 39.4 Å². The Balaban J connectivity index is 1.25. The van der Waals surface area contributed by atoms with Crippen molar-refractivity contribution in [2.24, 2.45) is 0 Å². The van der Waals surface area contributed by atoms with E-state index in [1.165, 1.54) is 24.3 Å². The maximum absolute atomic E-state index is 13.8. The number of aliphatic hydroxyl groups excluding tert-OH is 6. The van der Waals surface area contributed by atoms with Crippen LogP contribution in [0.1, 0.15) is 12.1 Å². The van der Waals surface area contributed by atoms with Gasteiger partial charge in [-0.2, -0.15) is 0 Å². The van der Waals surface area contributed by atoms with Gasteiger partial charge in [0.2, 0.25) is 0 Å². The number of nitrogens with zero attached hydrogens (tertiary/aromatic N) is 2. The molecule has 0 amide bonds. The van der Waals surface area contributed by atoms with Crippen molar-refractivity contribution in [3.63, 3.8) is 0 Å². The van der Waals surface area contributed by atoms with E-state index in [2.05, 4.69) is 0 Å². The first kappa shape index (κ1) is 32.0. The van der Waals surface area contributed by atoms with Crippen LogP contribution < -0.4 is 0 Å². The zero-order valence-electron chi connectivity index (χ0n) is 23.8. The molecule has 4 unspecified atom stereocenters. The van der Waals surface area contributed by atoms with Crippen molar-refractivity contribution < 1.29 is 48.9 Å². The van der Waals surface area contributed by atoms with Gasteiger partial charge in [0.1, 0.15) is 0 Å². The Morgan fingerprint density at radius 3 is 1.40 bits per heavy atom. The van der Waals surface area contributed by atoms with Crippen LogP contribution in [0.4, 0.5) is 8.78 Å². The molecule has 2 saturated heterocycles. The standard InChI is InChI=1S/C32H34F2N2O8Se/c33-21-5-1-3-17(11-21)19-7-9-35(13-19)25-27(39)23(15-37)43-31(29(25)41)45-32-30(42)26(28(40)24(16-38)44-32)36-10-8-20(14-36)18-4-2-6-22(34)12-18/h1-14,23-32,37-42H,15-16H2/t23?,24?,25-,26?,27-,28-,29?,30+,31-,32-/m0/s1. The third-order valence-corrected chi connectivity index (χ3v) is 11.2. The molecule has 4 aromatic rings. The van der Waals surface area contributed by atoms with E-state index in [0.717, 1.165) is 0 Å². The first-order valence-corrected chi connectivity index (χ1v) is 16.4. The van der Waals surface area contributed by atoms with Crippen molar-refractivity contribution >= 4 is 15.0 Å². The van der Waals surface area contributed by atoms with Gasteiger partial charge in [0.25, 0.3) is 0 Å². The predicted octanol–water partition coefficient (Wildman–Crippen LogP) is 1.27. The molecule has 2 aliphatic rings. The summed E-state index contributed by atoms with van der Waals surface area (Å²) in [4.78, 5) is 0. The van der Waals surface area contributed by atoms with E-state index in [1.807, 2.05) is 0 Å². The molecule has 10 nitrogen and oxygen atoms in total. The normalized spacial score (nSPS) is 32.1.